The summed E-state index contributed by atoms with van der Waals surface area (Å²) in [5.74, 6) is -0.227. The van der Waals surface area contributed by atoms with E-state index < -0.39 is 10.0 Å². The average molecular weight is 347 g/mol. The fourth-order valence-electron chi connectivity index (χ4n) is 2.21. The van der Waals surface area contributed by atoms with Gasteiger partial charge >= 0.3 is 0 Å². The number of benzene rings is 1. The SMILES string of the molecule is Cc1cccc(NC(=O)CCN(Cc2ccccn2)S(C)(=O)=O)c1. The number of amides is 1. The molecule has 1 aromatic heterocycles. The van der Waals surface area contributed by atoms with Gasteiger partial charge in [0.2, 0.25) is 15.9 Å². The summed E-state index contributed by atoms with van der Waals surface area (Å²) in [4.78, 5) is 16.2. The number of carbonyl (C=O) groups excluding carboxylic acids is 1. The Bertz CT molecular complexity index is 792. The number of aryl methyl sites for hydroxylation is 1. The fraction of sp³-hybridized carbons (Fsp3) is 0.294. The van der Waals surface area contributed by atoms with Crippen molar-refractivity contribution in [2.75, 3.05) is 18.1 Å². The minimum atomic E-state index is -3.43. The van der Waals surface area contributed by atoms with Gasteiger partial charge in [0.25, 0.3) is 0 Å². The van der Waals surface area contributed by atoms with E-state index in [0.29, 0.717) is 11.4 Å². The smallest absolute Gasteiger partial charge is 0.225 e. The minimum Gasteiger partial charge on any atom is -0.326 e. The van der Waals surface area contributed by atoms with Crippen LogP contribution in [-0.2, 0) is 21.4 Å². The zero-order valence-electron chi connectivity index (χ0n) is 13.8. The molecular weight excluding hydrogens is 326 g/mol. The largest absolute Gasteiger partial charge is 0.326 e. The Kier molecular flexibility index (Phi) is 6.05. The first-order valence-electron chi connectivity index (χ1n) is 7.56. The standard InChI is InChI=1S/C17H21N3O3S/c1-14-6-5-8-15(12-14)19-17(21)9-11-20(24(2,22)23)13-16-7-3-4-10-18-16/h3-8,10,12H,9,11,13H2,1-2H3,(H,19,21). The average Bonchev–Trinajstić information content (AvgIpc) is 2.51. The van der Waals surface area contributed by atoms with Crippen molar-refractivity contribution < 1.29 is 13.2 Å². The summed E-state index contributed by atoms with van der Waals surface area (Å²) in [6.45, 7) is 2.19. The molecule has 6 nitrogen and oxygen atoms in total. The molecule has 1 heterocycles. The summed E-state index contributed by atoms with van der Waals surface area (Å²) >= 11 is 0. The molecule has 0 unspecified atom stereocenters. The van der Waals surface area contributed by atoms with Gasteiger partial charge in [0, 0.05) is 24.8 Å². The number of nitrogens with one attached hydrogen (secondary N) is 1. The van der Waals surface area contributed by atoms with Crippen LogP contribution < -0.4 is 5.32 Å². The topological polar surface area (TPSA) is 79.4 Å². The monoisotopic (exact) mass is 347 g/mol. The summed E-state index contributed by atoms with van der Waals surface area (Å²) < 4.78 is 25.1. The second-order valence-corrected chi connectivity index (χ2v) is 7.57. The Morgan fingerprint density at radius 2 is 2.00 bits per heavy atom. The van der Waals surface area contributed by atoms with Crippen LogP contribution in [0.15, 0.2) is 48.7 Å². The molecule has 1 N–H and O–H groups in total. The molecule has 1 aromatic carbocycles. The lowest BCUT2D eigenvalue weighted by molar-refractivity contribution is -0.116. The number of aromatic nitrogens is 1. The molecule has 0 radical (unpaired) electrons. The molecule has 0 bridgehead atoms. The Labute approximate surface area is 142 Å². The van der Waals surface area contributed by atoms with Crippen LogP contribution in [0.1, 0.15) is 17.7 Å². The van der Waals surface area contributed by atoms with Crippen LogP contribution in [-0.4, -0.2) is 36.4 Å². The predicted octanol–water partition coefficient (Wildman–Crippen LogP) is 2.18. The number of hydrogen-bond acceptors (Lipinski definition) is 4. The van der Waals surface area contributed by atoms with Gasteiger partial charge in [-0.2, -0.15) is 4.31 Å². The molecule has 0 spiro atoms. The summed E-state index contributed by atoms with van der Waals surface area (Å²) in [6.07, 6.45) is 2.82. The van der Waals surface area contributed by atoms with E-state index in [0.717, 1.165) is 11.8 Å². The molecule has 0 aliphatic rings. The normalized spacial score (nSPS) is 11.5. The van der Waals surface area contributed by atoms with Gasteiger partial charge in [-0.05, 0) is 36.8 Å². The second-order valence-electron chi connectivity index (χ2n) is 5.59. The number of pyridine rings is 1. The van der Waals surface area contributed by atoms with Gasteiger partial charge < -0.3 is 5.32 Å². The number of anilines is 1. The molecular formula is C17H21N3O3S. The van der Waals surface area contributed by atoms with Crippen LogP contribution in [0.25, 0.3) is 0 Å². The fourth-order valence-corrected chi connectivity index (χ4v) is 3.00. The first-order chi connectivity index (χ1) is 11.3. The van der Waals surface area contributed by atoms with Crippen molar-refractivity contribution in [3.05, 3.63) is 59.9 Å². The molecule has 0 aliphatic heterocycles. The molecule has 2 rings (SSSR count). The molecule has 0 aliphatic carbocycles. The lowest BCUT2D eigenvalue weighted by atomic mass is 10.2. The first-order valence-corrected chi connectivity index (χ1v) is 9.41. The second kappa shape index (κ2) is 8.03. The highest BCUT2D eigenvalue weighted by Gasteiger charge is 2.18. The van der Waals surface area contributed by atoms with E-state index in [1.165, 1.54) is 4.31 Å². The number of sulfonamides is 1. The van der Waals surface area contributed by atoms with Gasteiger partial charge in [0.1, 0.15) is 0 Å². The summed E-state index contributed by atoms with van der Waals surface area (Å²) in [5, 5.41) is 2.78. The van der Waals surface area contributed by atoms with E-state index in [9.17, 15) is 13.2 Å². The van der Waals surface area contributed by atoms with E-state index in [2.05, 4.69) is 10.3 Å². The third kappa shape index (κ3) is 5.75. The van der Waals surface area contributed by atoms with E-state index >= 15 is 0 Å². The maximum atomic E-state index is 12.1. The van der Waals surface area contributed by atoms with Gasteiger partial charge in [-0.1, -0.05) is 18.2 Å². The van der Waals surface area contributed by atoms with Crippen LogP contribution in [0, 0.1) is 6.92 Å². The molecule has 0 fully saturated rings. The van der Waals surface area contributed by atoms with Crippen molar-refractivity contribution in [2.45, 2.75) is 19.9 Å². The highest BCUT2D eigenvalue weighted by molar-refractivity contribution is 7.88. The summed E-state index contributed by atoms with van der Waals surface area (Å²) in [6, 6.07) is 12.8. The highest BCUT2D eigenvalue weighted by atomic mass is 32.2. The summed E-state index contributed by atoms with van der Waals surface area (Å²) in [5.41, 5.74) is 2.39. The third-order valence-electron chi connectivity index (χ3n) is 3.42. The molecule has 1 amide bonds. The van der Waals surface area contributed by atoms with Crippen molar-refractivity contribution in [1.29, 1.82) is 0 Å². The van der Waals surface area contributed by atoms with E-state index in [1.807, 2.05) is 25.1 Å². The van der Waals surface area contributed by atoms with Crippen molar-refractivity contribution >= 4 is 21.6 Å². The van der Waals surface area contributed by atoms with Gasteiger partial charge in [-0.15, -0.1) is 0 Å². The van der Waals surface area contributed by atoms with Crippen molar-refractivity contribution in [2.24, 2.45) is 0 Å². The van der Waals surface area contributed by atoms with Crippen LogP contribution in [0.5, 0.6) is 0 Å². The third-order valence-corrected chi connectivity index (χ3v) is 4.67. The lowest BCUT2D eigenvalue weighted by Crippen LogP contribution is -2.32. The van der Waals surface area contributed by atoms with Crippen LogP contribution in [0.2, 0.25) is 0 Å². The van der Waals surface area contributed by atoms with E-state index in [-0.39, 0.29) is 25.4 Å². The van der Waals surface area contributed by atoms with E-state index in [1.54, 1.807) is 30.5 Å². The zero-order valence-corrected chi connectivity index (χ0v) is 14.6. The first kappa shape index (κ1) is 18.1. The van der Waals surface area contributed by atoms with Gasteiger partial charge in [0.05, 0.1) is 18.5 Å². The van der Waals surface area contributed by atoms with Gasteiger partial charge in [0.15, 0.2) is 0 Å². The number of nitrogens with zero attached hydrogens (tertiary/aromatic N) is 2. The van der Waals surface area contributed by atoms with Crippen molar-refractivity contribution in [3.63, 3.8) is 0 Å². The Balaban J connectivity index is 1.96. The van der Waals surface area contributed by atoms with Gasteiger partial charge in [-0.3, -0.25) is 9.78 Å². The van der Waals surface area contributed by atoms with Crippen molar-refractivity contribution in [1.82, 2.24) is 9.29 Å². The number of carbonyl (C=O) groups is 1. The Morgan fingerprint density at radius 1 is 1.21 bits per heavy atom. The quantitative estimate of drug-likeness (QED) is 0.832. The molecule has 0 saturated heterocycles. The molecule has 24 heavy (non-hydrogen) atoms. The molecule has 0 atom stereocenters. The summed E-state index contributed by atoms with van der Waals surface area (Å²) in [7, 11) is -3.43. The molecule has 128 valence electrons. The lowest BCUT2D eigenvalue weighted by Gasteiger charge is -2.19. The maximum Gasteiger partial charge on any atom is 0.225 e. The maximum absolute atomic E-state index is 12.1. The number of hydrogen-bond donors (Lipinski definition) is 1. The molecule has 7 heteroatoms. The van der Waals surface area contributed by atoms with Crippen molar-refractivity contribution in [3.8, 4) is 0 Å². The number of rotatable bonds is 7. The minimum absolute atomic E-state index is 0.0772. The van der Waals surface area contributed by atoms with Gasteiger partial charge in [-0.25, -0.2) is 8.42 Å². The zero-order chi connectivity index (χ0) is 17.6. The molecule has 2 aromatic rings. The predicted molar refractivity (Wildman–Crippen MR) is 93.9 cm³/mol. The Morgan fingerprint density at radius 3 is 2.62 bits per heavy atom. The highest BCUT2D eigenvalue weighted by Crippen LogP contribution is 2.11. The van der Waals surface area contributed by atoms with Crippen LogP contribution in [0.4, 0.5) is 5.69 Å². The van der Waals surface area contributed by atoms with E-state index in [4.69, 9.17) is 0 Å². The Hall–Kier alpha value is -2.25. The van der Waals surface area contributed by atoms with Crippen LogP contribution in [0.3, 0.4) is 0 Å². The van der Waals surface area contributed by atoms with Crippen LogP contribution >= 0.6 is 0 Å². The molecule has 0 saturated carbocycles.